The van der Waals surface area contributed by atoms with Gasteiger partial charge in [0, 0.05) is 25.9 Å². The number of piperidine rings is 1. The van der Waals surface area contributed by atoms with E-state index >= 15 is 0 Å². The largest absolute Gasteiger partial charge is 0.357 e. The summed E-state index contributed by atoms with van der Waals surface area (Å²) in [5, 5.41) is 0. The van der Waals surface area contributed by atoms with Crippen LogP contribution in [0.4, 0.5) is 0 Å². The molecule has 0 aromatic rings. The van der Waals surface area contributed by atoms with E-state index in [1.54, 1.807) is 0 Å². The predicted octanol–water partition coefficient (Wildman–Crippen LogP) is 0.508. The zero-order valence-electron chi connectivity index (χ0n) is 11.8. The highest BCUT2D eigenvalue weighted by Gasteiger charge is 2.52. The molecule has 2 saturated heterocycles. The minimum atomic E-state index is -4.83. The molecular weight excluding hydrogens is 324 g/mol. The molecule has 9 nitrogen and oxygen atoms in total. The molecule has 0 aromatic heterocycles. The van der Waals surface area contributed by atoms with Gasteiger partial charge in [0.15, 0.2) is 5.79 Å². The van der Waals surface area contributed by atoms with E-state index in [4.69, 9.17) is 14.0 Å². The van der Waals surface area contributed by atoms with E-state index in [2.05, 4.69) is 0 Å². The van der Waals surface area contributed by atoms with Gasteiger partial charge in [-0.15, -0.1) is 0 Å². The summed E-state index contributed by atoms with van der Waals surface area (Å²) in [6.45, 7) is 2.73. The summed E-state index contributed by atoms with van der Waals surface area (Å²) in [7, 11) is -9.29. The number of hydrogen-bond acceptors (Lipinski definition) is 6. The van der Waals surface area contributed by atoms with Gasteiger partial charge in [-0.2, -0.15) is 0 Å². The zero-order valence-corrected chi connectivity index (χ0v) is 13.5. The molecule has 0 amide bonds. The van der Waals surface area contributed by atoms with Gasteiger partial charge in [-0.1, -0.05) is 0 Å². The lowest BCUT2D eigenvalue weighted by molar-refractivity contribution is -0.185. The van der Waals surface area contributed by atoms with E-state index in [0.29, 0.717) is 26.1 Å². The van der Waals surface area contributed by atoms with E-state index in [-0.39, 0.29) is 19.7 Å². The number of likely N-dealkylation sites (tertiary alicyclic amines) is 1. The molecule has 2 fully saturated rings. The van der Waals surface area contributed by atoms with Crippen LogP contribution < -0.4 is 0 Å². The van der Waals surface area contributed by atoms with Gasteiger partial charge in [-0.25, -0.2) is 0 Å². The second kappa shape index (κ2) is 6.35. The fourth-order valence-corrected chi connectivity index (χ4v) is 6.27. The molecule has 124 valence electrons. The van der Waals surface area contributed by atoms with Gasteiger partial charge >= 0.3 is 15.2 Å². The summed E-state index contributed by atoms with van der Waals surface area (Å²) in [6, 6.07) is 0. The first kappa shape index (κ1) is 17.5. The number of hydrogen-bond donors (Lipinski definition) is 3. The van der Waals surface area contributed by atoms with Crippen molar-refractivity contribution < 1.29 is 37.8 Å². The Balaban J connectivity index is 2.13. The fraction of sp³-hybridized carbons (Fsp3) is 1.00. The molecular formula is C10H21NO8P2. The highest BCUT2D eigenvalue weighted by atomic mass is 31.2. The minimum Gasteiger partial charge on any atom is -0.347 e. The average molecular weight is 345 g/mol. The van der Waals surface area contributed by atoms with Gasteiger partial charge in [-0.3, -0.25) is 14.0 Å². The third kappa shape index (κ3) is 3.93. The topological polar surface area (TPSA) is 126 Å². The summed E-state index contributed by atoms with van der Waals surface area (Å²) in [5.41, 5.74) is -1.84. The van der Waals surface area contributed by atoms with Crippen molar-refractivity contribution in [2.75, 3.05) is 32.9 Å². The molecule has 0 bridgehead atoms. The van der Waals surface area contributed by atoms with Crippen LogP contribution in [0, 0.1) is 0 Å². The van der Waals surface area contributed by atoms with Gasteiger partial charge in [-0.05, 0) is 6.92 Å². The van der Waals surface area contributed by atoms with E-state index in [1.807, 2.05) is 0 Å². The van der Waals surface area contributed by atoms with Crippen molar-refractivity contribution >= 4 is 15.2 Å². The Morgan fingerprint density at radius 1 is 1.19 bits per heavy atom. The quantitative estimate of drug-likeness (QED) is 0.611. The maximum atomic E-state index is 12.1. The van der Waals surface area contributed by atoms with Crippen molar-refractivity contribution in [3.05, 3.63) is 0 Å². The van der Waals surface area contributed by atoms with Crippen molar-refractivity contribution in [1.29, 1.82) is 0 Å². The number of nitrogens with zero attached hydrogens (tertiary/aromatic N) is 1. The Morgan fingerprint density at radius 2 is 1.71 bits per heavy atom. The van der Waals surface area contributed by atoms with Gasteiger partial charge < -0.3 is 28.7 Å². The summed E-state index contributed by atoms with van der Waals surface area (Å²) in [6.07, 6.45) is 0.769. The van der Waals surface area contributed by atoms with Crippen molar-refractivity contribution in [1.82, 2.24) is 4.90 Å². The van der Waals surface area contributed by atoms with Crippen molar-refractivity contribution in [2.24, 2.45) is 0 Å². The minimum absolute atomic E-state index is 0.103. The predicted molar refractivity (Wildman–Crippen MR) is 72.7 cm³/mol. The molecule has 2 aliphatic heterocycles. The third-order valence-corrected chi connectivity index (χ3v) is 7.85. The molecule has 2 aliphatic rings. The lowest BCUT2D eigenvalue weighted by atomic mass is 10.0. The molecule has 0 aromatic carbocycles. The highest BCUT2D eigenvalue weighted by Crippen LogP contribution is 2.64. The average Bonchev–Trinajstić information content (AvgIpc) is 2.79. The summed E-state index contributed by atoms with van der Waals surface area (Å²) >= 11 is 0. The molecule has 1 spiro atoms. The lowest BCUT2D eigenvalue weighted by Gasteiger charge is -2.41. The molecule has 2 unspecified atom stereocenters. The maximum Gasteiger partial charge on any atom is 0.357 e. The summed E-state index contributed by atoms with van der Waals surface area (Å²) in [4.78, 5) is 30.0. The second-order valence-corrected chi connectivity index (χ2v) is 9.01. The van der Waals surface area contributed by atoms with Crippen LogP contribution in [0.15, 0.2) is 0 Å². The Hall–Kier alpha value is 0.180. The molecule has 0 radical (unpaired) electrons. The van der Waals surface area contributed by atoms with Crippen molar-refractivity contribution in [3.8, 4) is 0 Å². The Labute approximate surface area is 122 Å². The monoisotopic (exact) mass is 345 g/mol. The SMILES string of the molecule is CCOP(=O)(O)C(N1CCC2(CC1)OCCO2)P(=O)(O)O. The van der Waals surface area contributed by atoms with Crippen LogP contribution in [0.5, 0.6) is 0 Å². The molecule has 0 saturated carbocycles. The van der Waals surface area contributed by atoms with E-state index < -0.39 is 26.5 Å². The van der Waals surface area contributed by atoms with Crippen LogP contribution in [0.3, 0.4) is 0 Å². The molecule has 3 N–H and O–H groups in total. The van der Waals surface area contributed by atoms with E-state index in [1.165, 1.54) is 11.8 Å². The van der Waals surface area contributed by atoms with Gasteiger partial charge in [0.1, 0.15) is 0 Å². The Kier molecular flexibility index (Phi) is 5.31. The number of rotatable bonds is 5. The van der Waals surface area contributed by atoms with E-state index in [9.17, 15) is 23.8 Å². The zero-order chi connectivity index (χ0) is 15.7. The first-order chi connectivity index (χ1) is 9.70. The van der Waals surface area contributed by atoms with Crippen LogP contribution in [0.2, 0.25) is 0 Å². The molecule has 2 heterocycles. The Bertz CT molecular complexity index is 450. The smallest absolute Gasteiger partial charge is 0.347 e. The van der Waals surface area contributed by atoms with E-state index in [0.717, 1.165) is 0 Å². The van der Waals surface area contributed by atoms with Gasteiger partial charge in [0.25, 0.3) is 0 Å². The molecule has 21 heavy (non-hydrogen) atoms. The van der Waals surface area contributed by atoms with Crippen LogP contribution in [0.1, 0.15) is 19.8 Å². The van der Waals surface area contributed by atoms with Crippen LogP contribution >= 0.6 is 15.2 Å². The Morgan fingerprint density at radius 3 is 2.14 bits per heavy atom. The van der Waals surface area contributed by atoms with Crippen LogP contribution in [-0.2, 0) is 23.1 Å². The maximum absolute atomic E-state index is 12.1. The fourth-order valence-electron chi connectivity index (χ4n) is 2.74. The highest BCUT2D eigenvalue weighted by molar-refractivity contribution is 7.71. The first-order valence-electron chi connectivity index (χ1n) is 6.74. The normalized spacial score (nSPS) is 27.6. The number of ether oxygens (including phenoxy) is 2. The van der Waals surface area contributed by atoms with Crippen LogP contribution in [0.25, 0.3) is 0 Å². The van der Waals surface area contributed by atoms with Crippen molar-refractivity contribution in [3.63, 3.8) is 0 Å². The molecule has 2 rings (SSSR count). The molecule has 0 aliphatic carbocycles. The standard InChI is InChI=1S/C10H21NO8P2/c1-2-19-21(15,16)9(20(12,13)14)11-5-3-10(4-6-11)17-7-8-18-10/h9H,2-8H2,1H3,(H,15,16)(H2,12,13,14). The molecule has 11 heteroatoms. The van der Waals surface area contributed by atoms with Crippen molar-refractivity contribution in [2.45, 2.75) is 31.1 Å². The van der Waals surface area contributed by atoms with Gasteiger partial charge in [0.05, 0.1) is 19.8 Å². The summed E-state index contributed by atoms with van der Waals surface area (Å²) < 4.78 is 39.5. The summed E-state index contributed by atoms with van der Waals surface area (Å²) in [5.74, 6) is -0.721. The van der Waals surface area contributed by atoms with Crippen LogP contribution in [-0.4, -0.2) is 63.8 Å². The third-order valence-electron chi connectivity index (χ3n) is 3.61. The molecule has 2 atom stereocenters. The lowest BCUT2D eigenvalue weighted by Crippen LogP contribution is -2.48. The first-order valence-corrected chi connectivity index (χ1v) is 10.1. The van der Waals surface area contributed by atoms with Gasteiger partial charge in [0.2, 0.25) is 5.52 Å². The second-order valence-electron chi connectivity index (χ2n) is 5.06.